The highest BCUT2D eigenvalue weighted by Gasteiger charge is 2.33. The minimum atomic E-state index is -0.132. The zero-order valence-electron chi connectivity index (χ0n) is 10.7. The number of piperidine rings is 1. The minimum Gasteiger partial charge on any atom is -0.340 e. The second kappa shape index (κ2) is 3.74. The molecule has 1 saturated heterocycles. The molecular formula is C12H15N7. The van der Waals surface area contributed by atoms with E-state index >= 15 is 0 Å². The molecule has 0 aliphatic carbocycles. The van der Waals surface area contributed by atoms with E-state index in [1.165, 1.54) is 12.8 Å². The Kier molecular flexibility index (Phi) is 2.14. The normalized spacial score (nSPS) is 24.3. The molecule has 7 nitrogen and oxygen atoms in total. The summed E-state index contributed by atoms with van der Waals surface area (Å²) >= 11 is 0. The standard InChI is InChI=1S/C12H15N7/c1-12(4-2-3-5-16-12)11-18-17-10-8-9(14-6-13-8)15-7-19(10)11/h6-7,16H,2-5H2,1H3,(H,13,14). The van der Waals surface area contributed by atoms with E-state index in [9.17, 15) is 0 Å². The van der Waals surface area contributed by atoms with Gasteiger partial charge in [0.05, 0.1) is 11.9 Å². The lowest BCUT2D eigenvalue weighted by Gasteiger charge is -2.33. The van der Waals surface area contributed by atoms with Crippen LogP contribution in [0.2, 0.25) is 0 Å². The summed E-state index contributed by atoms with van der Waals surface area (Å²) in [4.78, 5) is 11.6. The van der Waals surface area contributed by atoms with Gasteiger partial charge in [0.1, 0.15) is 11.8 Å². The van der Waals surface area contributed by atoms with E-state index in [1.807, 2.05) is 4.40 Å². The Hall–Kier alpha value is -2.02. The maximum Gasteiger partial charge on any atom is 0.189 e. The maximum absolute atomic E-state index is 4.38. The van der Waals surface area contributed by atoms with Crippen LogP contribution in [0.25, 0.3) is 16.8 Å². The van der Waals surface area contributed by atoms with Gasteiger partial charge in [-0.15, -0.1) is 10.2 Å². The zero-order chi connectivity index (χ0) is 12.9. The van der Waals surface area contributed by atoms with Crippen molar-refractivity contribution in [2.75, 3.05) is 6.54 Å². The molecule has 1 fully saturated rings. The van der Waals surface area contributed by atoms with Crippen molar-refractivity contribution in [3.8, 4) is 0 Å². The lowest BCUT2D eigenvalue weighted by Crippen LogP contribution is -2.44. The molecule has 1 atom stereocenters. The Morgan fingerprint density at radius 1 is 1.26 bits per heavy atom. The highest BCUT2D eigenvalue weighted by Crippen LogP contribution is 2.29. The van der Waals surface area contributed by atoms with Crippen LogP contribution in [0.15, 0.2) is 12.7 Å². The Labute approximate surface area is 109 Å². The van der Waals surface area contributed by atoms with Crippen LogP contribution in [0.3, 0.4) is 0 Å². The number of H-pyrrole nitrogens is 1. The van der Waals surface area contributed by atoms with Crippen molar-refractivity contribution < 1.29 is 0 Å². The van der Waals surface area contributed by atoms with Crippen LogP contribution in [-0.2, 0) is 5.54 Å². The third-order valence-electron chi connectivity index (χ3n) is 3.95. The number of hydrogen-bond donors (Lipinski definition) is 2. The first kappa shape index (κ1) is 10.9. The lowest BCUT2D eigenvalue weighted by atomic mass is 9.90. The molecule has 98 valence electrons. The molecule has 4 heterocycles. The monoisotopic (exact) mass is 257 g/mol. The van der Waals surface area contributed by atoms with Crippen LogP contribution >= 0.6 is 0 Å². The summed E-state index contributed by atoms with van der Waals surface area (Å²) in [6.45, 7) is 3.20. The molecule has 1 unspecified atom stereocenters. The SMILES string of the molecule is CC1(c2nnc3c4[nH]cnc4ncn23)CCCCN1. The van der Waals surface area contributed by atoms with Crippen molar-refractivity contribution in [2.45, 2.75) is 31.7 Å². The topological polar surface area (TPSA) is 83.8 Å². The molecule has 0 saturated carbocycles. The predicted octanol–water partition coefficient (Wildman–Crippen LogP) is 0.989. The summed E-state index contributed by atoms with van der Waals surface area (Å²) in [5.41, 5.74) is 2.16. The van der Waals surface area contributed by atoms with Gasteiger partial charge in [0, 0.05) is 0 Å². The van der Waals surface area contributed by atoms with Crippen molar-refractivity contribution in [3.63, 3.8) is 0 Å². The maximum atomic E-state index is 4.38. The first-order valence-electron chi connectivity index (χ1n) is 6.56. The second-order valence-electron chi connectivity index (χ2n) is 5.28. The fraction of sp³-hybridized carbons (Fsp3) is 0.500. The summed E-state index contributed by atoms with van der Waals surface area (Å²) in [7, 11) is 0. The molecule has 0 aromatic carbocycles. The van der Waals surface area contributed by atoms with Crippen molar-refractivity contribution in [1.82, 2.24) is 34.9 Å². The molecule has 2 N–H and O–H groups in total. The van der Waals surface area contributed by atoms with E-state index in [2.05, 4.69) is 37.4 Å². The Morgan fingerprint density at radius 3 is 3.05 bits per heavy atom. The zero-order valence-corrected chi connectivity index (χ0v) is 10.7. The smallest absolute Gasteiger partial charge is 0.189 e. The first-order chi connectivity index (χ1) is 9.28. The number of aromatic nitrogens is 6. The average Bonchev–Trinajstić information content (AvgIpc) is 3.05. The van der Waals surface area contributed by atoms with E-state index in [4.69, 9.17) is 0 Å². The summed E-state index contributed by atoms with van der Waals surface area (Å²) in [5.74, 6) is 0.922. The molecule has 0 amide bonds. The quantitative estimate of drug-likeness (QED) is 0.679. The summed E-state index contributed by atoms with van der Waals surface area (Å²) in [5, 5.41) is 12.2. The Morgan fingerprint density at radius 2 is 2.21 bits per heavy atom. The Balaban J connectivity index is 1.95. The van der Waals surface area contributed by atoms with E-state index in [1.54, 1.807) is 12.7 Å². The second-order valence-corrected chi connectivity index (χ2v) is 5.28. The van der Waals surface area contributed by atoms with Gasteiger partial charge < -0.3 is 10.3 Å². The number of imidazole rings is 1. The largest absolute Gasteiger partial charge is 0.340 e. The number of hydrogen-bond acceptors (Lipinski definition) is 5. The van der Waals surface area contributed by atoms with Crippen LogP contribution < -0.4 is 5.32 Å². The van der Waals surface area contributed by atoms with Gasteiger partial charge in [-0.25, -0.2) is 9.97 Å². The van der Waals surface area contributed by atoms with Gasteiger partial charge in [0.25, 0.3) is 0 Å². The van der Waals surface area contributed by atoms with E-state index in [0.717, 1.165) is 30.0 Å². The predicted molar refractivity (Wildman–Crippen MR) is 69.6 cm³/mol. The van der Waals surface area contributed by atoms with Gasteiger partial charge in [-0.2, -0.15) is 0 Å². The average molecular weight is 257 g/mol. The third kappa shape index (κ3) is 1.48. The molecule has 1 aliphatic heterocycles. The molecule has 19 heavy (non-hydrogen) atoms. The summed E-state index contributed by atoms with van der Waals surface area (Å²) < 4.78 is 1.96. The van der Waals surface area contributed by atoms with E-state index in [0.29, 0.717) is 5.65 Å². The molecule has 3 aromatic heterocycles. The molecule has 0 spiro atoms. The van der Waals surface area contributed by atoms with Gasteiger partial charge in [0.15, 0.2) is 17.1 Å². The van der Waals surface area contributed by atoms with Crippen LogP contribution in [0.1, 0.15) is 32.0 Å². The van der Waals surface area contributed by atoms with Gasteiger partial charge in [0.2, 0.25) is 0 Å². The molecule has 7 heteroatoms. The minimum absolute atomic E-state index is 0.132. The van der Waals surface area contributed by atoms with Crippen molar-refractivity contribution >= 4 is 16.8 Å². The summed E-state index contributed by atoms with van der Waals surface area (Å²) in [6.07, 6.45) is 6.88. The number of fused-ring (bicyclic) bond motifs is 3. The number of nitrogens with one attached hydrogen (secondary N) is 2. The number of rotatable bonds is 1. The molecule has 3 aromatic rings. The highest BCUT2D eigenvalue weighted by atomic mass is 15.3. The summed E-state index contributed by atoms with van der Waals surface area (Å²) in [6, 6.07) is 0. The van der Waals surface area contributed by atoms with Gasteiger partial charge >= 0.3 is 0 Å². The third-order valence-corrected chi connectivity index (χ3v) is 3.95. The molecule has 0 radical (unpaired) electrons. The van der Waals surface area contributed by atoms with Gasteiger partial charge in [-0.3, -0.25) is 4.40 Å². The first-order valence-corrected chi connectivity index (χ1v) is 6.56. The van der Waals surface area contributed by atoms with Gasteiger partial charge in [-0.05, 0) is 32.7 Å². The molecule has 1 aliphatic rings. The lowest BCUT2D eigenvalue weighted by molar-refractivity contribution is 0.266. The van der Waals surface area contributed by atoms with Crippen molar-refractivity contribution in [3.05, 3.63) is 18.5 Å². The number of aromatic amines is 1. The van der Waals surface area contributed by atoms with Gasteiger partial charge in [-0.1, -0.05) is 0 Å². The fourth-order valence-electron chi connectivity index (χ4n) is 2.86. The van der Waals surface area contributed by atoms with Crippen molar-refractivity contribution in [1.29, 1.82) is 0 Å². The van der Waals surface area contributed by atoms with Crippen LogP contribution in [0.5, 0.6) is 0 Å². The van der Waals surface area contributed by atoms with E-state index in [-0.39, 0.29) is 5.54 Å². The Bertz CT molecular complexity index is 735. The van der Waals surface area contributed by atoms with E-state index < -0.39 is 0 Å². The fourth-order valence-corrected chi connectivity index (χ4v) is 2.86. The molecule has 0 bridgehead atoms. The van der Waals surface area contributed by atoms with Crippen molar-refractivity contribution in [2.24, 2.45) is 0 Å². The van der Waals surface area contributed by atoms with Crippen LogP contribution in [0.4, 0.5) is 0 Å². The molecule has 4 rings (SSSR count). The highest BCUT2D eigenvalue weighted by molar-refractivity contribution is 5.84. The molecular weight excluding hydrogens is 242 g/mol. The number of nitrogens with zero attached hydrogens (tertiary/aromatic N) is 5. The van der Waals surface area contributed by atoms with Crippen LogP contribution in [-0.4, -0.2) is 36.1 Å². The van der Waals surface area contributed by atoms with Crippen LogP contribution in [0, 0.1) is 0 Å².